The number of nitrogens with zero attached hydrogens (tertiary/aromatic N) is 1. The number of phenols is 1. The van der Waals surface area contributed by atoms with Crippen molar-refractivity contribution in [1.82, 2.24) is 4.90 Å². The Balaban J connectivity index is 2.14. The summed E-state index contributed by atoms with van der Waals surface area (Å²) in [7, 11) is 0. The van der Waals surface area contributed by atoms with Crippen LogP contribution in [0, 0.1) is 5.82 Å². The highest BCUT2D eigenvalue weighted by Crippen LogP contribution is 2.26. The van der Waals surface area contributed by atoms with Crippen molar-refractivity contribution >= 4 is 6.09 Å². The van der Waals surface area contributed by atoms with Gasteiger partial charge < -0.3 is 14.7 Å². The Morgan fingerprint density at radius 3 is 2.68 bits per heavy atom. The Labute approximate surface area is 111 Å². The predicted octanol–water partition coefficient (Wildman–Crippen LogP) is 2.82. The minimum Gasteiger partial charge on any atom is -0.505 e. The third kappa shape index (κ3) is 3.16. The van der Waals surface area contributed by atoms with Crippen LogP contribution in [0.25, 0.3) is 0 Å². The summed E-state index contributed by atoms with van der Waals surface area (Å²) in [6, 6.07) is 2.71. The van der Waals surface area contributed by atoms with Gasteiger partial charge in [0.2, 0.25) is 0 Å². The number of amides is 1. The van der Waals surface area contributed by atoms with Crippen molar-refractivity contribution in [3.05, 3.63) is 29.1 Å². The normalized spacial score (nSPS) is 15.1. The highest BCUT2D eigenvalue weighted by Gasteiger charge is 2.26. The first kappa shape index (κ1) is 13.6. The van der Waals surface area contributed by atoms with Gasteiger partial charge >= 0.3 is 6.09 Å². The second-order valence-corrected chi connectivity index (χ2v) is 5.72. The summed E-state index contributed by atoms with van der Waals surface area (Å²) in [5.41, 5.74) is 1.05. The molecule has 0 unspecified atom stereocenters. The second-order valence-electron chi connectivity index (χ2n) is 5.72. The number of rotatable bonds is 0. The number of carbonyl (C=O) groups excluding carboxylic acids is 1. The molecular weight excluding hydrogens is 249 g/mol. The first-order valence-corrected chi connectivity index (χ1v) is 6.24. The lowest BCUT2D eigenvalue weighted by Crippen LogP contribution is -2.39. The first-order valence-electron chi connectivity index (χ1n) is 6.24. The van der Waals surface area contributed by atoms with E-state index in [1.807, 2.05) is 20.8 Å². The highest BCUT2D eigenvalue weighted by molar-refractivity contribution is 5.68. The Bertz CT molecular complexity index is 508. The minimum atomic E-state index is -0.621. The lowest BCUT2D eigenvalue weighted by Gasteiger charge is -2.31. The van der Waals surface area contributed by atoms with Crippen LogP contribution in [0.1, 0.15) is 31.9 Å². The zero-order chi connectivity index (χ0) is 14.2. The van der Waals surface area contributed by atoms with Gasteiger partial charge in [-0.2, -0.15) is 0 Å². The van der Waals surface area contributed by atoms with E-state index in [-0.39, 0.29) is 11.8 Å². The van der Waals surface area contributed by atoms with Gasteiger partial charge in [0.15, 0.2) is 11.6 Å². The van der Waals surface area contributed by atoms with Crippen molar-refractivity contribution in [3.8, 4) is 5.75 Å². The van der Waals surface area contributed by atoms with E-state index in [0.29, 0.717) is 19.5 Å². The van der Waals surface area contributed by atoms with Gasteiger partial charge in [-0.25, -0.2) is 9.18 Å². The van der Waals surface area contributed by atoms with Gasteiger partial charge in [-0.15, -0.1) is 0 Å². The number of halogens is 1. The van der Waals surface area contributed by atoms with E-state index in [4.69, 9.17) is 4.74 Å². The average molecular weight is 267 g/mol. The van der Waals surface area contributed by atoms with Crippen LogP contribution in [-0.4, -0.2) is 28.2 Å². The smallest absolute Gasteiger partial charge is 0.410 e. The van der Waals surface area contributed by atoms with Gasteiger partial charge in [-0.3, -0.25) is 0 Å². The standard InChI is InChI=1S/C14H18FNO3/c1-14(2,3)19-13(18)16-5-4-9-6-11(15)12(17)7-10(9)8-16/h6-7,17H,4-5,8H2,1-3H3. The Hall–Kier alpha value is -1.78. The number of carbonyl (C=O) groups is 1. The number of ether oxygens (including phenoxy) is 1. The summed E-state index contributed by atoms with van der Waals surface area (Å²) in [5.74, 6) is -1.01. The fraction of sp³-hybridized carbons (Fsp3) is 0.500. The van der Waals surface area contributed by atoms with E-state index in [2.05, 4.69) is 0 Å². The van der Waals surface area contributed by atoms with Crippen LogP contribution in [0.2, 0.25) is 0 Å². The Morgan fingerprint density at radius 2 is 2.05 bits per heavy atom. The maximum Gasteiger partial charge on any atom is 0.410 e. The zero-order valence-electron chi connectivity index (χ0n) is 11.4. The SMILES string of the molecule is CC(C)(C)OC(=O)N1CCc2cc(F)c(O)cc2C1. The van der Waals surface area contributed by atoms with E-state index < -0.39 is 11.4 Å². The molecule has 0 aromatic heterocycles. The predicted molar refractivity (Wildman–Crippen MR) is 68.4 cm³/mol. The van der Waals surface area contributed by atoms with Crippen molar-refractivity contribution in [2.45, 2.75) is 39.3 Å². The maximum atomic E-state index is 13.2. The highest BCUT2D eigenvalue weighted by atomic mass is 19.1. The largest absolute Gasteiger partial charge is 0.505 e. The van der Waals surface area contributed by atoms with E-state index in [9.17, 15) is 14.3 Å². The van der Waals surface area contributed by atoms with Gasteiger partial charge in [0, 0.05) is 13.1 Å². The molecule has 1 aliphatic rings. The van der Waals surface area contributed by atoms with Gasteiger partial charge in [-0.1, -0.05) is 0 Å². The summed E-state index contributed by atoms with van der Waals surface area (Å²) in [5, 5.41) is 9.38. The fourth-order valence-corrected chi connectivity index (χ4v) is 2.05. The third-order valence-electron chi connectivity index (χ3n) is 2.93. The van der Waals surface area contributed by atoms with E-state index in [0.717, 1.165) is 11.1 Å². The zero-order valence-corrected chi connectivity index (χ0v) is 11.4. The summed E-state index contributed by atoms with van der Waals surface area (Å²) >= 11 is 0. The lowest BCUT2D eigenvalue weighted by molar-refractivity contribution is 0.0223. The minimum absolute atomic E-state index is 0.331. The van der Waals surface area contributed by atoms with Crippen LogP contribution in [0.4, 0.5) is 9.18 Å². The Morgan fingerprint density at radius 1 is 1.37 bits per heavy atom. The molecule has 104 valence electrons. The van der Waals surface area contributed by atoms with Gasteiger partial charge in [-0.05, 0) is 50.5 Å². The molecule has 0 fully saturated rings. The molecule has 4 nitrogen and oxygen atoms in total. The molecular formula is C14H18FNO3. The van der Waals surface area contributed by atoms with Gasteiger partial charge in [0.25, 0.3) is 0 Å². The fourth-order valence-electron chi connectivity index (χ4n) is 2.05. The topological polar surface area (TPSA) is 49.8 Å². The van der Waals surface area contributed by atoms with Crippen molar-refractivity contribution in [2.24, 2.45) is 0 Å². The number of aromatic hydroxyl groups is 1. The van der Waals surface area contributed by atoms with E-state index in [1.165, 1.54) is 12.1 Å². The molecule has 0 saturated carbocycles. The second kappa shape index (κ2) is 4.72. The molecule has 1 aliphatic heterocycles. The van der Waals surface area contributed by atoms with Crippen LogP contribution < -0.4 is 0 Å². The van der Waals surface area contributed by atoms with Crippen LogP contribution in [0.5, 0.6) is 5.75 Å². The summed E-state index contributed by atoms with van der Waals surface area (Å²) in [6.07, 6.45) is 0.174. The van der Waals surface area contributed by atoms with Gasteiger partial charge in [0.05, 0.1) is 0 Å². The molecule has 0 atom stereocenters. The molecule has 0 radical (unpaired) electrons. The van der Waals surface area contributed by atoms with E-state index >= 15 is 0 Å². The van der Waals surface area contributed by atoms with Crippen LogP contribution in [0.3, 0.4) is 0 Å². The summed E-state index contributed by atoms with van der Waals surface area (Å²) < 4.78 is 18.5. The summed E-state index contributed by atoms with van der Waals surface area (Å²) in [6.45, 7) is 6.25. The molecule has 1 heterocycles. The molecule has 1 aromatic rings. The molecule has 5 heteroatoms. The van der Waals surface area contributed by atoms with Crippen molar-refractivity contribution in [1.29, 1.82) is 0 Å². The molecule has 0 aliphatic carbocycles. The number of phenolic OH excluding ortho intramolecular Hbond substituents is 1. The van der Waals surface area contributed by atoms with Crippen molar-refractivity contribution in [2.75, 3.05) is 6.54 Å². The molecule has 19 heavy (non-hydrogen) atoms. The molecule has 1 aromatic carbocycles. The van der Waals surface area contributed by atoms with Crippen molar-refractivity contribution < 1.29 is 19.0 Å². The van der Waals surface area contributed by atoms with Gasteiger partial charge in [0.1, 0.15) is 5.60 Å². The van der Waals surface area contributed by atoms with Crippen molar-refractivity contribution in [3.63, 3.8) is 0 Å². The van der Waals surface area contributed by atoms with Crippen LogP contribution in [0.15, 0.2) is 12.1 Å². The quantitative estimate of drug-likeness (QED) is 0.786. The molecule has 0 spiro atoms. The Kier molecular flexibility index (Phi) is 3.39. The molecule has 1 amide bonds. The maximum absolute atomic E-state index is 13.2. The molecule has 2 rings (SSSR count). The van der Waals surface area contributed by atoms with Crippen LogP contribution >= 0.6 is 0 Å². The molecule has 0 saturated heterocycles. The monoisotopic (exact) mass is 267 g/mol. The number of fused-ring (bicyclic) bond motifs is 1. The summed E-state index contributed by atoms with van der Waals surface area (Å²) in [4.78, 5) is 13.5. The number of hydrogen-bond donors (Lipinski definition) is 1. The van der Waals surface area contributed by atoms with E-state index in [1.54, 1.807) is 4.90 Å². The average Bonchev–Trinajstić information content (AvgIpc) is 2.27. The van der Waals surface area contributed by atoms with Crippen LogP contribution in [-0.2, 0) is 17.7 Å². The molecule has 0 bridgehead atoms. The number of benzene rings is 1. The number of hydrogen-bond acceptors (Lipinski definition) is 3. The first-order chi connectivity index (χ1) is 8.76. The lowest BCUT2D eigenvalue weighted by atomic mass is 9.99. The molecule has 1 N–H and O–H groups in total. The third-order valence-corrected chi connectivity index (χ3v) is 2.93.